The van der Waals surface area contributed by atoms with E-state index >= 15 is 0 Å². The van der Waals surface area contributed by atoms with Crippen LogP contribution in [0.15, 0.2) is 51.9 Å². The Morgan fingerprint density at radius 2 is 1.58 bits per heavy atom. The summed E-state index contributed by atoms with van der Waals surface area (Å²) in [7, 11) is 0. The van der Waals surface area contributed by atoms with Crippen molar-refractivity contribution >= 4 is 50.8 Å². The Labute approximate surface area is 228 Å². The van der Waals surface area contributed by atoms with Gasteiger partial charge in [-0.3, -0.25) is 9.59 Å². The third-order valence-corrected chi connectivity index (χ3v) is 7.14. The Hall–Kier alpha value is -2.18. The van der Waals surface area contributed by atoms with Gasteiger partial charge in [-0.05, 0) is 30.7 Å². The molecule has 1 unspecified atom stereocenters. The number of hydrogen-bond acceptors (Lipinski definition) is 4. The van der Waals surface area contributed by atoms with Crippen molar-refractivity contribution in [2.75, 3.05) is 5.32 Å². The van der Waals surface area contributed by atoms with Crippen LogP contribution in [-0.2, 0) is 14.3 Å². The first kappa shape index (κ1) is 28.4. The normalized spacial score (nSPS) is 15.0. The average Bonchev–Trinajstić information content (AvgIpc) is 2.99. The van der Waals surface area contributed by atoms with Crippen molar-refractivity contribution < 1.29 is 14.3 Å². The van der Waals surface area contributed by atoms with Crippen molar-refractivity contribution in [1.29, 1.82) is 0 Å². The number of carbonyl (C=O) groups excluding carboxylic acids is 2. The van der Waals surface area contributed by atoms with Crippen LogP contribution in [-0.4, -0.2) is 23.8 Å². The summed E-state index contributed by atoms with van der Waals surface area (Å²) in [4.78, 5) is 30.0. The molecular formula is C29H36BrClN2O3. The Bertz CT molecular complexity index is 1060. The van der Waals surface area contributed by atoms with E-state index in [0.29, 0.717) is 27.5 Å². The number of hydrogen-bond donors (Lipinski definition) is 1. The minimum absolute atomic E-state index is 0.274. The van der Waals surface area contributed by atoms with Gasteiger partial charge in [0.2, 0.25) is 0 Å². The van der Waals surface area contributed by atoms with E-state index in [1.165, 1.54) is 51.4 Å². The molecule has 0 spiro atoms. The molecule has 1 amide bonds. The lowest BCUT2D eigenvalue weighted by Gasteiger charge is -2.13. The number of rotatable bonds is 14. The van der Waals surface area contributed by atoms with Gasteiger partial charge in [0, 0.05) is 27.0 Å². The van der Waals surface area contributed by atoms with Crippen LogP contribution in [0.4, 0.5) is 5.69 Å². The molecule has 3 rings (SSSR count). The second kappa shape index (κ2) is 15.2. The van der Waals surface area contributed by atoms with E-state index in [1.54, 1.807) is 12.1 Å². The summed E-state index contributed by atoms with van der Waals surface area (Å²) in [6.45, 7) is 2.24. The summed E-state index contributed by atoms with van der Waals surface area (Å²) >= 11 is 9.95. The number of ether oxygens (including phenoxy) is 1. The fourth-order valence-corrected chi connectivity index (χ4v) is 4.91. The second-order valence-electron chi connectivity index (χ2n) is 9.26. The Balaban J connectivity index is 1.54. The molecular weight excluding hydrogens is 540 g/mol. The maximum absolute atomic E-state index is 12.9. The largest absolute Gasteiger partial charge is 0.430 e. The van der Waals surface area contributed by atoms with Crippen molar-refractivity contribution in [3.63, 3.8) is 0 Å². The van der Waals surface area contributed by atoms with Crippen LogP contribution in [0, 0.1) is 0 Å². The van der Waals surface area contributed by atoms with Gasteiger partial charge in [-0.2, -0.15) is 0 Å². The van der Waals surface area contributed by atoms with E-state index in [2.05, 4.69) is 33.2 Å². The molecule has 194 valence electrons. The highest BCUT2D eigenvalue weighted by Gasteiger charge is 2.29. The van der Waals surface area contributed by atoms with E-state index in [1.807, 2.05) is 30.3 Å². The zero-order valence-corrected chi connectivity index (χ0v) is 23.4. The number of nitrogens with one attached hydrogen (secondary N) is 1. The number of esters is 1. The molecule has 1 atom stereocenters. The monoisotopic (exact) mass is 574 g/mol. The quantitative estimate of drug-likeness (QED) is 0.181. The minimum Gasteiger partial charge on any atom is -0.430 e. The van der Waals surface area contributed by atoms with Crippen LogP contribution >= 0.6 is 27.5 Å². The number of carbonyl (C=O) groups is 2. The summed E-state index contributed by atoms with van der Waals surface area (Å²) in [6.07, 6.45) is 12.3. The number of fused-ring (bicyclic) bond motifs is 1. The Morgan fingerprint density at radius 1 is 0.944 bits per heavy atom. The molecule has 0 aromatic heterocycles. The molecule has 0 aliphatic carbocycles. The van der Waals surface area contributed by atoms with Crippen LogP contribution in [0.3, 0.4) is 0 Å². The van der Waals surface area contributed by atoms with Crippen molar-refractivity contribution in [2.45, 2.75) is 90.2 Å². The maximum Gasteiger partial charge on any atom is 0.308 e. The van der Waals surface area contributed by atoms with E-state index in [4.69, 9.17) is 16.3 Å². The van der Waals surface area contributed by atoms with Crippen molar-refractivity contribution in [1.82, 2.24) is 0 Å². The number of amides is 1. The fourth-order valence-electron chi connectivity index (χ4n) is 4.33. The topological polar surface area (TPSA) is 67.8 Å². The van der Waals surface area contributed by atoms with Crippen molar-refractivity contribution in [2.24, 2.45) is 4.99 Å². The molecule has 5 nitrogen and oxygen atoms in total. The molecule has 1 N–H and O–H groups in total. The van der Waals surface area contributed by atoms with Gasteiger partial charge in [-0.25, -0.2) is 4.99 Å². The van der Waals surface area contributed by atoms with Gasteiger partial charge in [0.1, 0.15) is 0 Å². The molecule has 0 saturated carbocycles. The number of anilines is 1. The van der Waals surface area contributed by atoms with E-state index in [0.717, 1.165) is 23.7 Å². The number of benzene rings is 2. The van der Waals surface area contributed by atoms with E-state index in [-0.39, 0.29) is 6.42 Å². The number of benzodiazepines with no additional fused rings is 1. The molecule has 7 heteroatoms. The fraction of sp³-hybridized carbons (Fsp3) is 0.483. The van der Waals surface area contributed by atoms with Crippen molar-refractivity contribution in [3.05, 3.63) is 63.1 Å². The minimum atomic E-state index is -1.28. The van der Waals surface area contributed by atoms with Crippen LogP contribution in [0.2, 0.25) is 5.02 Å². The van der Waals surface area contributed by atoms with Crippen LogP contribution in [0.25, 0.3) is 0 Å². The second-order valence-corrected chi connectivity index (χ2v) is 10.6. The first-order valence-corrected chi connectivity index (χ1v) is 14.3. The highest BCUT2D eigenvalue weighted by Crippen LogP contribution is 2.30. The number of halogens is 2. The van der Waals surface area contributed by atoms with Gasteiger partial charge in [0.25, 0.3) is 12.1 Å². The zero-order valence-electron chi connectivity index (χ0n) is 21.0. The number of unbranched alkanes of at least 4 members (excludes halogenated alkanes) is 10. The third-order valence-electron chi connectivity index (χ3n) is 6.32. The lowest BCUT2D eigenvalue weighted by atomic mass is 10.0. The molecule has 1 aliphatic rings. The van der Waals surface area contributed by atoms with E-state index < -0.39 is 18.1 Å². The molecule has 0 radical (unpaired) electrons. The highest BCUT2D eigenvalue weighted by molar-refractivity contribution is 9.10. The predicted molar refractivity (Wildman–Crippen MR) is 151 cm³/mol. The maximum atomic E-state index is 12.9. The number of aliphatic imine (C=N–C) groups is 1. The smallest absolute Gasteiger partial charge is 0.308 e. The molecule has 36 heavy (non-hydrogen) atoms. The van der Waals surface area contributed by atoms with E-state index in [9.17, 15) is 9.59 Å². The van der Waals surface area contributed by atoms with Gasteiger partial charge < -0.3 is 10.1 Å². The summed E-state index contributed by atoms with van der Waals surface area (Å²) in [5, 5.41) is 3.34. The lowest BCUT2D eigenvalue weighted by Crippen LogP contribution is -2.30. The predicted octanol–water partition coefficient (Wildman–Crippen LogP) is 8.46. The molecule has 0 saturated heterocycles. The molecule has 2 aromatic carbocycles. The van der Waals surface area contributed by atoms with Crippen LogP contribution < -0.4 is 5.32 Å². The molecule has 2 aromatic rings. The van der Waals surface area contributed by atoms with Gasteiger partial charge in [-0.15, -0.1) is 0 Å². The van der Waals surface area contributed by atoms with Gasteiger partial charge in [0.05, 0.1) is 11.4 Å². The molecule has 0 bridgehead atoms. The third kappa shape index (κ3) is 8.74. The number of nitrogens with zero attached hydrogens (tertiary/aromatic N) is 1. The first-order chi connectivity index (χ1) is 17.5. The Morgan fingerprint density at radius 3 is 2.25 bits per heavy atom. The van der Waals surface area contributed by atoms with Gasteiger partial charge in [-0.1, -0.05) is 117 Å². The van der Waals surface area contributed by atoms with Gasteiger partial charge >= 0.3 is 5.97 Å². The molecule has 0 fully saturated rings. The first-order valence-electron chi connectivity index (χ1n) is 13.1. The summed E-state index contributed by atoms with van der Waals surface area (Å²) in [6, 6.07) is 12.8. The average molecular weight is 576 g/mol. The zero-order chi connectivity index (χ0) is 25.8. The van der Waals surface area contributed by atoms with Crippen molar-refractivity contribution in [3.8, 4) is 0 Å². The lowest BCUT2D eigenvalue weighted by molar-refractivity contribution is -0.153. The highest BCUT2D eigenvalue weighted by atomic mass is 79.9. The van der Waals surface area contributed by atoms with Crippen LogP contribution in [0.5, 0.6) is 0 Å². The SMILES string of the molecule is CCCCCCCCCCCCCC(=O)OC1N=C(c2ccccc2Cl)c2cc(Br)ccc2NC1=O. The Kier molecular flexibility index (Phi) is 12.0. The molecule has 1 aliphatic heterocycles. The summed E-state index contributed by atoms with van der Waals surface area (Å²) < 4.78 is 6.37. The van der Waals surface area contributed by atoms with Crippen LogP contribution in [0.1, 0.15) is 95.1 Å². The molecule has 1 heterocycles. The summed E-state index contributed by atoms with van der Waals surface area (Å²) in [5.41, 5.74) is 2.46. The standard InChI is InChI=1S/C29H36BrClN2O3/c1-2-3-4-5-6-7-8-9-10-11-12-17-26(34)36-29-28(35)32-25-19-18-21(30)20-23(25)27(33-29)22-15-13-14-16-24(22)31/h13-16,18-20,29H,2-12,17H2,1H3,(H,32,35). The summed E-state index contributed by atoms with van der Waals surface area (Å²) in [5.74, 6) is -0.895. The van der Waals surface area contributed by atoms with Gasteiger partial charge in [0.15, 0.2) is 0 Å².